The van der Waals surface area contributed by atoms with E-state index in [-0.39, 0.29) is 18.7 Å². The normalized spacial score (nSPS) is 14.4. The lowest BCUT2D eigenvalue weighted by Crippen LogP contribution is -2.29. The molecule has 0 saturated carbocycles. The Morgan fingerprint density at radius 2 is 1.92 bits per heavy atom. The van der Waals surface area contributed by atoms with Crippen LogP contribution in [0.4, 0.5) is 5.69 Å². The van der Waals surface area contributed by atoms with E-state index in [0.717, 1.165) is 11.3 Å². The molecule has 4 rings (SSSR count). The first-order valence-corrected chi connectivity index (χ1v) is 8.50. The summed E-state index contributed by atoms with van der Waals surface area (Å²) in [7, 11) is 1.35. The largest absolute Gasteiger partial charge is 0.465 e. The van der Waals surface area contributed by atoms with Gasteiger partial charge in [-0.25, -0.2) is 4.79 Å². The number of carbonyl (C=O) groups excluding carboxylic acids is 2. The highest BCUT2D eigenvalue weighted by Crippen LogP contribution is 2.38. The third-order valence-electron chi connectivity index (χ3n) is 4.33. The molecule has 0 aromatic heterocycles. The highest BCUT2D eigenvalue weighted by molar-refractivity contribution is 9.10. The number of fused-ring (bicyclic) bond motifs is 2. The van der Waals surface area contributed by atoms with Crippen molar-refractivity contribution in [2.75, 3.05) is 25.3 Å². The van der Waals surface area contributed by atoms with Crippen LogP contribution in [0, 0.1) is 0 Å². The third-order valence-corrected chi connectivity index (χ3v) is 4.99. The molecule has 0 unspecified atom stereocenters. The van der Waals surface area contributed by atoms with Crippen molar-refractivity contribution < 1.29 is 23.8 Å². The van der Waals surface area contributed by atoms with E-state index in [1.807, 2.05) is 0 Å². The SMILES string of the molecule is COC(=O)c1ccc2c(c1)CCN2C(=O)c1cc2c(cc1Br)OCO2. The first-order chi connectivity index (χ1) is 12.1. The fraction of sp³-hybridized carbons (Fsp3) is 0.222. The minimum atomic E-state index is -0.383. The van der Waals surface area contributed by atoms with Crippen molar-refractivity contribution in [1.82, 2.24) is 0 Å². The zero-order valence-electron chi connectivity index (χ0n) is 13.4. The average Bonchev–Trinajstić information content (AvgIpc) is 3.25. The van der Waals surface area contributed by atoms with E-state index in [0.29, 0.717) is 40.1 Å². The highest BCUT2D eigenvalue weighted by atomic mass is 79.9. The molecule has 0 N–H and O–H groups in total. The maximum absolute atomic E-state index is 13.0. The quantitative estimate of drug-likeness (QED) is 0.720. The van der Waals surface area contributed by atoms with E-state index >= 15 is 0 Å². The number of amides is 1. The second-order valence-corrected chi connectivity index (χ2v) is 6.58. The number of hydrogen-bond donors (Lipinski definition) is 0. The van der Waals surface area contributed by atoms with Gasteiger partial charge in [-0.1, -0.05) is 0 Å². The molecule has 0 aliphatic carbocycles. The Morgan fingerprint density at radius 3 is 2.68 bits per heavy atom. The van der Waals surface area contributed by atoms with E-state index in [9.17, 15) is 9.59 Å². The highest BCUT2D eigenvalue weighted by Gasteiger charge is 2.29. The molecular formula is C18H14BrNO5. The summed E-state index contributed by atoms with van der Waals surface area (Å²) >= 11 is 3.43. The predicted octanol–water partition coefficient (Wildman–Crippen LogP) is 3.17. The fourth-order valence-electron chi connectivity index (χ4n) is 3.08. The minimum Gasteiger partial charge on any atom is -0.465 e. The molecule has 2 aliphatic heterocycles. The zero-order chi connectivity index (χ0) is 17.6. The first-order valence-electron chi connectivity index (χ1n) is 7.70. The van der Waals surface area contributed by atoms with E-state index in [2.05, 4.69) is 15.9 Å². The number of methoxy groups -OCH3 is 1. The van der Waals surface area contributed by atoms with Gasteiger partial charge in [-0.05, 0) is 58.2 Å². The minimum absolute atomic E-state index is 0.130. The molecule has 0 saturated heterocycles. The van der Waals surface area contributed by atoms with Gasteiger partial charge in [0.15, 0.2) is 11.5 Å². The molecule has 128 valence electrons. The maximum Gasteiger partial charge on any atom is 0.337 e. The Hall–Kier alpha value is -2.54. The van der Waals surface area contributed by atoms with Gasteiger partial charge in [-0.3, -0.25) is 4.79 Å². The Bertz CT molecular complexity index is 895. The summed E-state index contributed by atoms with van der Waals surface area (Å²) < 4.78 is 16.1. The van der Waals surface area contributed by atoms with Crippen LogP contribution in [0.3, 0.4) is 0 Å². The number of esters is 1. The summed E-state index contributed by atoms with van der Waals surface area (Å²) in [4.78, 5) is 26.4. The number of carbonyl (C=O) groups is 2. The van der Waals surface area contributed by atoms with Crippen LogP contribution < -0.4 is 14.4 Å². The first kappa shape index (κ1) is 16.0. The molecule has 2 aromatic carbocycles. The molecule has 7 heteroatoms. The van der Waals surface area contributed by atoms with Crippen LogP contribution in [-0.2, 0) is 11.2 Å². The van der Waals surface area contributed by atoms with Gasteiger partial charge in [0.1, 0.15) is 0 Å². The maximum atomic E-state index is 13.0. The lowest BCUT2D eigenvalue weighted by atomic mass is 10.1. The van der Waals surface area contributed by atoms with Crippen LogP contribution in [0.5, 0.6) is 11.5 Å². The molecule has 1 amide bonds. The van der Waals surface area contributed by atoms with Gasteiger partial charge < -0.3 is 19.1 Å². The number of benzene rings is 2. The van der Waals surface area contributed by atoms with Crippen molar-refractivity contribution in [2.24, 2.45) is 0 Å². The van der Waals surface area contributed by atoms with E-state index in [1.165, 1.54) is 7.11 Å². The molecule has 0 radical (unpaired) electrons. The Morgan fingerprint density at radius 1 is 1.16 bits per heavy atom. The number of halogens is 1. The molecule has 0 spiro atoms. The lowest BCUT2D eigenvalue weighted by Gasteiger charge is -2.18. The van der Waals surface area contributed by atoms with Gasteiger partial charge >= 0.3 is 5.97 Å². The Labute approximate surface area is 152 Å². The number of anilines is 1. The second kappa shape index (κ2) is 6.07. The molecule has 0 fully saturated rings. The average molecular weight is 404 g/mol. The molecule has 2 heterocycles. The van der Waals surface area contributed by atoms with Crippen molar-refractivity contribution in [3.8, 4) is 11.5 Å². The zero-order valence-corrected chi connectivity index (χ0v) is 15.0. The van der Waals surface area contributed by atoms with Crippen LogP contribution >= 0.6 is 15.9 Å². The standard InChI is InChI=1S/C18H14BrNO5/c1-23-18(22)11-2-3-14-10(6-11)4-5-20(14)17(21)12-7-15-16(8-13(12)19)25-9-24-15/h2-3,6-8H,4-5,9H2,1H3. The van der Waals surface area contributed by atoms with E-state index < -0.39 is 0 Å². The van der Waals surface area contributed by atoms with Gasteiger partial charge in [0.05, 0.1) is 18.2 Å². The summed E-state index contributed by atoms with van der Waals surface area (Å²) in [5.74, 6) is 0.667. The lowest BCUT2D eigenvalue weighted by molar-refractivity contribution is 0.0600. The van der Waals surface area contributed by atoms with Gasteiger partial charge in [-0.15, -0.1) is 0 Å². The summed E-state index contributed by atoms with van der Waals surface area (Å²) in [6.07, 6.45) is 0.689. The molecule has 2 aromatic rings. The molecule has 0 atom stereocenters. The monoisotopic (exact) mass is 403 g/mol. The summed E-state index contributed by atoms with van der Waals surface area (Å²) in [6.45, 7) is 0.710. The van der Waals surface area contributed by atoms with Crippen molar-refractivity contribution in [3.63, 3.8) is 0 Å². The van der Waals surface area contributed by atoms with Crippen molar-refractivity contribution >= 4 is 33.5 Å². The second-order valence-electron chi connectivity index (χ2n) is 5.73. The molecule has 6 nitrogen and oxygen atoms in total. The number of hydrogen-bond acceptors (Lipinski definition) is 5. The van der Waals surface area contributed by atoms with Gasteiger partial charge in [0.25, 0.3) is 5.91 Å². The predicted molar refractivity (Wildman–Crippen MR) is 93.4 cm³/mol. The van der Waals surface area contributed by atoms with E-state index in [1.54, 1.807) is 35.2 Å². The van der Waals surface area contributed by atoms with Crippen LogP contribution in [0.1, 0.15) is 26.3 Å². The van der Waals surface area contributed by atoms with Crippen LogP contribution in [0.15, 0.2) is 34.8 Å². The topological polar surface area (TPSA) is 65.1 Å². The van der Waals surface area contributed by atoms with Crippen LogP contribution in [0.25, 0.3) is 0 Å². The smallest absolute Gasteiger partial charge is 0.337 e. The molecule has 0 bridgehead atoms. The number of nitrogens with zero attached hydrogens (tertiary/aromatic N) is 1. The number of rotatable bonds is 2. The van der Waals surface area contributed by atoms with Gasteiger partial charge in [0, 0.05) is 16.7 Å². The summed E-state index contributed by atoms with van der Waals surface area (Å²) in [5, 5.41) is 0. The molecule has 2 aliphatic rings. The third kappa shape index (κ3) is 2.64. The van der Waals surface area contributed by atoms with Gasteiger partial charge in [-0.2, -0.15) is 0 Å². The molecule has 25 heavy (non-hydrogen) atoms. The fourth-order valence-corrected chi connectivity index (χ4v) is 3.58. The summed E-state index contributed by atoms with van der Waals surface area (Å²) in [5.41, 5.74) is 2.75. The van der Waals surface area contributed by atoms with Crippen LogP contribution in [0.2, 0.25) is 0 Å². The van der Waals surface area contributed by atoms with Crippen molar-refractivity contribution in [3.05, 3.63) is 51.5 Å². The van der Waals surface area contributed by atoms with Crippen molar-refractivity contribution in [2.45, 2.75) is 6.42 Å². The molecular weight excluding hydrogens is 390 g/mol. The van der Waals surface area contributed by atoms with E-state index in [4.69, 9.17) is 14.2 Å². The van der Waals surface area contributed by atoms with Gasteiger partial charge in [0.2, 0.25) is 6.79 Å². The van der Waals surface area contributed by atoms with Crippen molar-refractivity contribution in [1.29, 1.82) is 0 Å². The van der Waals surface area contributed by atoms with Crippen LogP contribution in [-0.4, -0.2) is 32.3 Å². The number of ether oxygens (including phenoxy) is 3. The Balaban J connectivity index is 1.67. The summed E-state index contributed by atoms with van der Waals surface area (Å²) in [6, 6.07) is 8.67. The Kier molecular flexibility index (Phi) is 3.88.